The van der Waals surface area contributed by atoms with Crippen molar-refractivity contribution in [2.24, 2.45) is 0 Å². The lowest BCUT2D eigenvalue weighted by atomic mass is 10.1. The van der Waals surface area contributed by atoms with E-state index in [1.807, 2.05) is 20.8 Å². The first-order chi connectivity index (χ1) is 9.23. The second-order valence-corrected chi connectivity index (χ2v) is 5.43. The molecule has 0 spiro atoms. The van der Waals surface area contributed by atoms with Crippen LogP contribution in [0.1, 0.15) is 31.9 Å². The first-order valence-electron chi connectivity index (χ1n) is 6.12. The molecule has 4 nitrogen and oxygen atoms in total. The Hall–Kier alpha value is -2.00. The molecule has 1 aromatic carbocycles. The number of hydrogen-bond donors (Lipinski definition) is 2. The Kier molecular flexibility index (Phi) is 5.17. The summed E-state index contributed by atoms with van der Waals surface area (Å²) in [4.78, 5) is 11.5. The maximum absolute atomic E-state index is 13.6. The molecule has 0 saturated heterocycles. The van der Waals surface area contributed by atoms with E-state index in [2.05, 4.69) is 10.6 Å². The van der Waals surface area contributed by atoms with Crippen molar-refractivity contribution in [3.05, 3.63) is 34.9 Å². The average Bonchev–Trinajstić information content (AvgIpc) is 2.30. The van der Waals surface area contributed by atoms with E-state index < -0.39 is 11.6 Å². The van der Waals surface area contributed by atoms with Gasteiger partial charge in [-0.05, 0) is 32.9 Å². The molecule has 0 aliphatic rings. The number of nitrogens with one attached hydrogen (secondary N) is 2. The number of halogens is 2. The Bertz CT molecular complexity index is 521. The number of carbonyl (C=O) groups excluding carboxylic acids is 1. The van der Waals surface area contributed by atoms with E-state index in [0.29, 0.717) is 0 Å². The van der Waals surface area contributed by atoms with E-state index in [1.165, 1.54) is 0 Å². The van der Waals surface area contributed by atoms with Gasteiger partial charge in [-0.15, -0.1) is 0 Å². The van der Waals surface area contributed by atoms with Crippen LogP contribution in [0.15, 0.2) is 12.1 Å². The Labute approximate surface area is 116 Å². The Morgan fingerprint density at radius 3 is 2.30 bits per heavy atom. The van der Waals surface area contributed by atoms with E-state index in [1.54, 1.807) is 6.07 Å². The van der Waals surface area contributed by atoms with Gasteiger partial charge < -0.3 is 10.6 Å². The monoisotopic (exact) mass is 281 g/mol. The van der Waals surface area contributed by atoms with Crippen LogP contribution in [0.3, 0.4) is 0 Å². The summed E-state index contributed by atoms with van der Waals surface area (Å²) in [6.07, 6.45) is 0. The molecule has 0 radical (unpaired) electrons. The van der Waals surface area contributed by atoms with Crippen molar-refractivity contribution in [3.8, 4) is 6.07 Å². The van der Waals surface area contributed by atoms with E-state index >= 15 is 0 Å². The zero-order valence-electron chi connectivity index (χ0n) is 11.7. The summed E-state index contributed by atoms with van der Waals surface area (Å²) in [7, 11) is 0. The van der Waals surface area contributed by atoms with Gasteiger partial charge in [0.05, 0.1) is 18.2 Å². The maximum atomic E-state index is 13.6. The van der Waals surface area contributed by atoms with Gasteiger partial charge in [-0.1, -0.05) is 0 Å². The van der Waals surface area contributed by atoms with Crippen molar-refractivity contribution in [3.63, 3.8) is 0 Å². The fourth-order valence-electron chi connectivity index (χ4n) is 1.60. The maximum Gasteiger partial charge on any atom is 0.234 e. The molecule has 2 N–H and O–H groups in total. The number of benzene rings is 1. The molecule has 0 aliphatic carbocycles. The molecule has 0 atom stereocenters. The fraction of sp³-hybridized carbons (Fsp3) is 0.429. The van der Waals surface area contributed by atoms with Gasteiger partial charge in [-0.3, -0.25) is 4.79 Å². The third-order valence-electron chi connectivity index (χ3n) is 2.37. The van der Waals surface area contributed by atoms with Gasteiger partial charge in [0.25, 0.3) is 0 Å². The highest BCUT2D eigenvalue weighted by atomic mass is 19.1. The molecule has 0 saturated carbocycles. The van der Waals surface area contributed by atoms with Gasteiger partial charge in [0.15, 0.2) is 0 Å². The summed E-state index contributed by atoms with van der Waals surface area (Å²) in [6.45, 7) is 5.34. The Balaban J connectivity index is 2.59. The number of nitriles is 1. The van der Waals surface area contributed by atoms with Crippen molar-refractivity contribution in [1.29, 1.82) is 5.26 Å². The van der Waals surface area contributed by atoms with Crippen molar-refractivity contribution >= 4 is 5.91 Å². The van der Waals surface area contributed by atoms with Crippen LogP contribution in [-0.2, 0) is 11.3 Å². The zero-order chi connectivity index (χ0) is 15.3. The molecule has 0 fully saturated rings. The predicted molar refractivity (Wildman–Crippen MR) is 70.7 cm³/mol. The molecule has 6 heteroatoms. The lowest BCUT2D eigenvalue weighted by Crippen LogP contribution is -2.44. The first-order valence-corrected chi connectivity index (χ1v) is 6.12. The van der Waals surface area contributed by atoms with Gasteiger partial charge >= 0.3 is 0 Å². The van der Waals surface area contributed by atoms with Gasteiger partial charge in [-0.25, -0.2) is 8.78 Å². The normalized spacial score (nSPS) is 11.0. The lowest BCUT2D eigenvalue weighted by molar-refractivity contribution is -0.121. The van der Waals surface area contributed by atoms with Gasteiger partial charge in [0.2, 0.25) is 5.91 Å². The number of nitrogens with zero attached hydrogens (tertiary/aromatic N) is 1. The van der Waals surface area contributed by atoms with E-state index in [-0.39, 0.29) is 35.7 Å². The van der Waals surface area contributed by atoms with Gasteiger partial charge in [-0.2, -0.15) is 5.26 Å². The minimum atomic E-state index is -0.801. The summed E-state index contributed by atoms with van der Waals surface area (Å²) in [5.41, 5.74) is -0.620. The highest BCUT2D eigenvalue weighted by Gasteiger charge is 2.14. The van der Waals surface area contributed by atoms with Gasteiger partial charge in [0, 0.05) is 17.6 Å². The quantitative estimate of drug-likeness (QED) is 0.885. The molecule has 0 heterocycles. The Morgan fingerprint density at radius 1 is 1.30 bits per heavy atom. The Morgan fingerprint density at radius 2 is 1.85 bits per heavy atom. The van der Waals surface area contributed by atoms with Crippen LogP contribution in [0, 0.1) is 23.0 Å². The molecule has 1 amide bonds. The molecule has 108 valence electrons. The van der Waals surface area contributed by atoms with Crippen molar-refractivity contribution < 1.29 is 13.6 Å². The molecule has 1 rings (SSSR count). The fourth-order valence-corrected chi connectivity index (χ4v) is 1.60. The smallest absolute Gasteiger partial charge is 0.234 e. The average molecular weight is 281 g/mol. The second-order valence-electron chi connectivity index (χ2n) is 5.43. The predicted octanol–water partition coefficient (Wildman–Crippen LogP) is 1.84. The van der Waals surface area contributed by atoms with Crippen molar-refractivity contribution in [2.75, 3.05) is 6.54 Å². The molecule has 0 bridgehead atoms. The van der Waals surface area contributed by atoms with Crippen molar-refractivity contribution in [1.82, 2.24) is 10.6 Å². The van der Waals surface area contributed by atoms with Crippen LogP contribution in [0.4, 0.5) is 8.78 Å². The number of amides is 1. The first kappa shape index (κ1) is 16.1. The van der Waals surface area contributed by atoms with Crippen molar-refractivity contribution in [2.45, 2.75) is 32.9 Å². The molecule has 0 aliphatic heterocycles. The molecule has 0 unspecified atom stereocenters. The van der Waals surface area contributed by atoms with Crippen LogP contribution < -0.4 is 10.6 Å². The second kappa shape index (κ2) is 6.44. The summed E-state index contributed by atoms with van der Waals surface area (Å²) in [5.74, 6) is -1.86. The van der Waals surface area contributed by atoms with Crippen LogP contribution in [0.2, 0.25) is 0 Å². The summed E-state index contributed by atoms with van der Waals surface area (Å²) < 4.78 is 27.1. The third kappa shape index (κ3) is 4.94. The summed E-state index contributed by atoms with van der Waals surface area (Å²) in [5, 5.41) is 14.0. The van der Waals surface area contributed by atoms with Crippen LogP contribution >= 0.6 is 0 Å². The SMILES string of the molecule is CC(C)(C)NC(=O)CNCc1c(F)cc(C#N)cc1F. The van der Waals surface area contributed by atoms with E-state index in [0.717, 1.165) is 12.1 Å². The minimum absolute atomic E-state index is 0.0455. The molecular weight excluding hydrogens is 264 g/mol. The molecule has 20 heavy (non-hydrogen) atoms. The van der Waals surface area contributed by atoms with E-state index in [4.69, 9.17) is 5.26 Å². The largest absolute Gasteiger partial charge is 0.350 e. The van der Waals surface area contributed by atoms with Crippen LogP contribution in [0.25, 0.3) is 0 Å². The van der Waals surface area contributed by atoms with Crippen LogP contribution in [-0.4, -0.2) is 18.0 Å². The number of carbonyl (C=O) groups is 1. The summed E-state index contributed by atoms with van der Waals surface area (Å²) >= 11 is 0. The van der Waals surface area contributed by atoms with Crippen LogP contribution in [0.5, 0.6) is 0 Å². The van der Waals surface area contributed by atoms with E-state index in [9.17, 15) is 13.6 Å². The third-order valence-corrected chi connectivity index (χ3v) is 2.37. The zero-order valence-corrected chi connectivity index (χ0v) is 11.7. The molecule has 1 aromatic rings. The summed E-state index contributed by atoms with van der Waals surface area (Å²) in [6, 6.07) is 3.61. The highest BCUT2D eigenvalue weighted by molar-refractivity contribution is 5.78. The standard InChI is InChI=1S/C14H17F2N3O/c1-14(2,3)19-13(20)8-18-7-10-11(15)4-9(6-17)5-12(10)16/h4-5,18H,7-8H2,1-3H3,(H,19,20). The highest BCUT2D eigenvalue weighted by Crippen LogP contribution is 2.14. The molecule has 0 aromatic heterocycles. The number of hydrogen-bond acceptors (Lipinski definition) is 3. The van der Waals surface area contributed by atoms with Gasteiger partial charge in [0.1, 0.15) is 11.6 Å². The minimum Gasteiger partial charge on any atom is -0.350 e. The topological polar surface area (TPSA) is 64.9 Å². The number of rotatable bonds is 4. The molecular formula is C14H17F2N3O. The lowest BCUT2D eigenvalue weighted by Gasteiger charge is -2.20.